The molecule has 0 saturated carbocycles. The van der Waals surface area contributed by atoms with Crippen molar-refractivity contribution in [1.29, 1.82) is 0 Å². The van der Waals surface area contributed by atoms with Crippen molar-refractivity contribution in [3.63, 3.8) is 0 Å². The van der Waals surface area contributed by atoms with Gasteiger partial charge in [0, 0.05) is 17.3 Å². The van der Waals surface area contributed by atoms with E-state index in [0.717, 1.165) is 13.0 Å². The molecule has 2 heteroatoms. The lowest BCUT2D eigenvalue weighted by molar-refractivity contribution is 0.627. The highest BCUT2D eigenvalue weighted by Crippen LogP contribution is 2.25. The van der Waals surface area contributed by atoms with Gasteiger partial charge in [0.25, 0.3) is 0 Å². The van der Waals surface area contributed by atoms with Gasteiger partial charge in [-0.25, -0.2) is 0 Å². The molecular formula is C15H19NS. The molecule has 1 unspecified atom stereocenters. The summed E-state index contributed by atoms with van der Waals surface area (Å²) >= 11 is 1.85. The van der Waals surface area contributed by atoms with Crippen LogP contribution in [-0.4, -0.2) is 13.6 Å². The Balaban J connectivity index is 2.20. The Hall–Kier alpha value is -1.12. The van der Waals surface area contributed by atoms with Crippen LogP contribution in [0.2, 0.25) is 0 Å². The summed E-state index contributed by atoms with van der Waals surface area (Å²) in [6, 6.07) is 13.1. The molecule has 17 heavy (non-hydrogen) atoms. The average molecular weight is 245 g/mol. The predicted octanol–water partition coefficient (Wildman–Crippen LogP) is 3.60. The Bertz CT molecular complexity index is 448. The van der Waals surface area contributed by atoms with E-state index in [1.807, 2.05) is 18.4 Å². The Morgan fingerprint density at radius 1 is 1.18 bits per heavy atom. The largest absolute Gasteiger partial charge is 0.319 e. The Morgan fingerprint density at radius 2 is 2.00 bits per heavy atom. The van der Waals surface area contributed by atoms with E-state index in [4.69, 9.17) is 0 Å². The quantitative estimate of drug-likeness (QED) is 0.848. The molecule has 1 heterocycles. The molecule has 1 aromatic carbocycles. The maximum Gasteiger partial charge on any atom is 0.00517 e. The van der Waals surface area contributed by atoms with Gasteiger partial charge < -0.3 is 5.32 Å². The second kappa shape index (κ2) is 5.99. The molecule has 1 atom stereocenters. The highest BCUT2D eigenvalue weighted by Gasteiger charge is 2.13. The highest BCUT2D eigenvalue weighted by atomic mass is 32.1. The molecule has 0 aliphatic rings. The summed E-state index contributed by atoms with van der Waals surface area (Å²) in [6.45, 7) is 3.23. The van der Waals surface area contributed by atoms with Crippen molar-refractivity contribution in [2.75, 3.05) is 13.6 Å². The molecule has 90 valence electrons. The molecule has 0 bridgehead atoms. The normalized spacial score (nSPS) is 12.6. The monoisotopic (exact) mass is 245 g/mol. The van der Waals surface area contributed by atoms with Crippen LogP contribution in [0.5, 0.6) is 0 Å². The van der Waals surface area contributed by atoms with E-state index in [2.05, 4.69) is 54.0 Å². The first kappa shape index (κ1) is 12.3. The molecule has 1 nitrogen and oxygen atoms in total. The maximum absolute atomic E-state index is 3.31. The summed E-state index contributed by atoms with van der Waals surface area (Å²) in [4.78, 5) is 1.47. The van der Waals surface area contributed by atoms with E-state index >= 15 is 0 Å². The Labute approximate surface area is 108 Å². The SMILES string of the molecule is CNCC(Cc1cccs1)c1ccccc1C. The minimum Gasteiger partial charge on any atom is -0.319 e. The first-order valence-electron chi connectivity index (χ1n) is 6.03. The van der Waals surface area contributed by atoms with Crippen LogP contribution in [0, 0.1) is 6.92 Å². The summed E-state index contributed by atoms with van der Waals surface area (Å²) in [5, 5.41) is 5.47. The van der Waals surface area contributed by atoms with Crippen LogP contribution >= 0.6 is 11.3 Å². The van der Waals surface area contributed by atoms with Crippen LogP contribution in [0.4, 0.5) is 0 Å². The zero-order valence-corrected chi connectivity index (χ0v) is 11.3. The first-order valence-corrected chi connectivity index (χ1v) is 6.91. The van der Waals surface area contributed by atoms with Crippen LogP contribution in [0.3, 0.4) is 0 Å². The van der Waals surface area contributed by atoms with E-state index in [1.165, 1.54) is 16.0 Å². The molecule has 0 fully saturated rings. The molecular weight excluding hydrogens is 226 g/mol. The molecule has 0 aliphatic carbocycles. The minimum atomic E-state index is 0.569. The molecule has 0 spiro atoms. The van der Waals surface area contributed by atoms with Crippen LogP contribution in [-0.2, 0) is 6.42 Å². The van der Waals surface area contributed by atoms with Crippen molar-refractivity contribution in [2.24, 2.45) is 0 Å². The van der Waals surface area contributed by atoms with E-state index in [-0.39, 0.29) is 0 Å². The van der Waals surface area contributed by atoms with Gasteiger partial charge in [0.2, 0.25) is 0 Å². The van der Waals surface area contributed by atoms with Gasteiger partial charge in [0.1, 0.15) is 0 Å². The Kier molecular flexibility index (Phi) is 4.35. The van der Waals surface area contributed by atoms with Crippen molar-refractivity contribution in [3.05, 3.63) is 57.8 Å². The van der Waals surface area contributed by atoms with E-state index < -0.39 is 0 Å². The molecule has 0 amide bonds. The lowest BCUT2D eigenvalue weighted by Crippen LogP contribution is -2.19. The minimum absolute atomic E-state index is 0.569. The number of thiophene rings is 1. The van der Waals surface area contributed by atoms with Crippen LogP contribution in [0.15, 0.2) is 41.8 Å². The number of benzene rings is 1. The highest BCUT2D eigenvalue weighted by molar-refractivity contribution is 7.09. The molecule has 0 aliphatic heterocycles. The second-order valence-electron chi connectivity index (χ2n) is 4.39. The zero-order chi connectivity index (χ0) is 12.1. The van der Waals surface area contributed by atoms with Gasteiger partial charge in [0.15, 0.2) is 0 Å². The topological polar surface area (TPSA) is 12.0 Å². The van der Waals surface area contributed by atoms with Crippen LogP contribution in [0.1, 0.15) is 21.9 Å². The third-order valence-corrected chi connectivity index (χ3v) is 4.01. The number of hydrogen-bond acceptors (Lipinski definition) is 2. The Morgan fingerprint density at radius 3 is 2.65 bits per heavy atom. The van der Waals surface area contributed by atoms with Crippen LogP contribution < -0.4 is 5.32 Å². The van der Waals surface area contributed by atoms with Crippen molar-refractivity contribution >= 4 is 11.3 Å². The lowest BCUT2D eigenvalue weighted by atomic mass is 9.91. The molecule has 1 aromatic heterocycles. The zero-order valence-electron chi connectivity index (χ0n) is 10.4. The van der Waals surface area contributed by atoms with Gasteiger partial charge in [0.05, 0.1) is 0 Å². The second-order valence-corrected chi connectivity index (χ2v) is 5.43. The maximum atomic E-state index is 3.31. The van der Waals surface area contributed by atoms with Crippen molar-refractivity contribution < 1.29 is 0 Å². The average Bonchev–Trinajstić information content (AvgIpc) is 2.82. The summed E-state index contributed by atoms with van der Waals surface area (Å²) in [6.07, 6.45) is 1.13. The number of hydrogen-bond donors (Lipinski definition) is 1. The lowest BCUT2D eigenvalue weighted by Gasteiger charge is -2.18. The first-order chi connectivity index (χ1) is 8.31. The third kappa shape index (κ3) is 3.18. The molecule has 2 aromatic rings. The summed E-state index contributed by atoms with van der Waals surface area (Å²) in [5.41, 5.74) is 2.86. The van der Waals surface area contributed by atoms with E-state index in [0.29, 0.717) is 5.92 Å². The van der Waals surface area contributed by atoms with Crippen molar-refractivity contribution in [3.8, 4) is 0 Å². The fraction of sp³-hybridized carbons (Fsp3) is 0.333. The molecule has 0 radical (unpaired) electrons. The van der Waals surface area contributed by atoms with Gasteiger partial charge in [-0.1, -0.05) is 30.3 Å². The number of likely N-dealkylation sites (N-methyl/N-ethyl adjacent to an activating group) is 1. The van der Waals surface area contributed by atoms with Gasteiger partial charge in [-0.05, 0) is 43.0 Å². The van der Waals surface area contributed by atoms with Gasteiger partial charge in [-0.3, -0.25) is 0 Å². The van der Waals surface area contributed by atoms with Gasteiger partial charge in [-0.2, -0.15) is 0 Å². The molecule has 1 N–H and O–H groups in total. The summed E-state index contributed by atoms with van der Waals surface area (Å²) in [7, 11) is 2.03. The number of rotatable bonds is 5. The summed E-state index contributed by atoms with van der Waals surface area (Å²) < 4.78 is 0. The van der Waals surface area contributed by atoms with Gasteiger partial charge in [-0.15, -0.1) is 11.3 Å². The third-order valence-electron chi connectivity index (χ3n) is 3.11. The fourth-order valence-electron chi connectivity index (χ4n) is 2.25. The van der Waals surface area contributed by atoms with E-state index in [1.54, 1.807) is 0 Å². The standard InChI is InChI=1S/C15H19NS/c1-12-6-3-4-8-15(12)13(11-16-2)10-14-7-5-9-17-14/h3-9,13,16H,10-11H2,1-2H3. The van der Waals surface area contributed by atoms with Gasteiger partial charge >= 0.3 is 0 Å². The molecule has 2 rings (SSSR count). The molecule has 0 saturated heterocycles. The fourth-order valence-corrected chi connectivity index (χ4v) is 3.04. The summed E-state index contributed by atoms with van der Waals surface area (Å²) in [5.74, 6) is 0.569. The predicted molar refractivity (Wildman–Crippen MR) is 75.9 cm³/mol. The number of nitrogens with one attached hydrogen (secondary N) is 1. The van der Waals surface area contributed by atoms with Crippen molar-refractivity contribution in [1.82, 2.24) is 5.32 Å². The van der Waals surface area contributed by atoms with Crippen LogP contribution in [0.25, 0.3) is 0 Å². The number of aryl methyl sites for hydroxylation is 1. The van der Waals surface area contributed by atoms with E-state index in [9.17, 15) is 0 Å². The smallest absolute Gasteiger partial charge is 0.00517 e. The van der Waals surface area contributed by atoms with Crippen molar-refractivity contribution in [2.45, 2.75) is 19.3 Å².